The van der Waals surface area contributed by atoms with Crippen molar-refractivity contribution in [3.05, 3.63) is 35.8 Å². The molecule has 0 aliphatic heterocycles. The molecule has 0 bridgehead atoms. The lowest BCUT2D eigenvalue weighted by atomic mass is 10.2. The summed E-state index contributed by atoms with van der Waals surface area (Å²) < 4.78 is 22.6. The summed E-state index contributed by atoms with van der Waals surface area (Å²) in [4.78, 5) is 4.17. The summed E-state index contributed by atoms with van der Waals surface area (Å²) >= 11 is 1.38. The van der Waals surface area contributed by atoms with Crippen LogP contribution in [-0.4, -0.2) is 13.4 Å². The number of halogens is 1. The van der Waals surface area contributed by atoms with E-state index < -0.39 is 10.0 Å². The number of hydrogen-bond acceptors (Lipinski definition) is 4. The van der Waals surface area contributed by atoms with E-state index in [2.05, 4.69) is 4.98 Å². The lowest BCUT2D eigenvalue weighted by Gasteiger charge is -2.03. The Hall–Kier alpha value is -0.950. The molecule has 0 aliphatic carbocycles. The molecule has 0 aliphatic rings. The summed E-state index contributed by atoms with van der Waals surface area (Å²) in [6.45, 7) is 0. The molecule has 0 amide bonds. The first kappa shape index (κ1) is 13.1. The molecule has 16 heavy (non-hydrogen) atoms. The van der Waals surface area contributed by atoms with Gasteiger partial charge in [-0.3, -0.25) is 0 Å². The second kappa shape index (κ2) is 4.92. The lowest BCUT2D eigenvalue weighted by Crippen LogP contribution is -2.13. The van der Waals surface area contributed by atoms with E-state index in [9.17, 15) is 8.42 Å². The number of thiazole rings is 1. The van der Waals surface area contributed by atoms with E-state index in [4.69, 9.17) is 5.14 Å². The average molecular weight is 277 g/mol. The monoisotopic (exact) mass is 276 g/mol. The number of primary sulfonamides is 1. The minimum absolute atomic E-state index is 0. The van der Waals surface area contributed by atoms with Crippen molar-refractivity contribution in [2.45, 2.75) is 4.90 Å². The second-order valence-electron chi connectivity index (χ2n) is 2.88. The van der Waals surface area contributed by atoms with E-state index in [0.717, 1.165) is 0 Å². The third kappa shape index (κ3) is 2.59. The van der Waals surface area contributed by atoms with Gasteiger partial charge in [-0.05, 0) is 6.07 Å². The van der Waals surface area contributed by atoms with Gasteiger partial charge in [-0.15, -0.1) is 23.7 Å². The number of nitrogens with zero attached hydrogens (tertiary/aromatic N) is 1. The first-order chi connectivity index (χ1) is 7.09. The SMILES string of the molecule is Cl.NS(=O)(=O)c1ccccc1-c1nccs1. The maximum atomic E-state index is 11.3. The maximum absolute atomic E-state index is 11.3. The van der Waals surface area contributed by atoms with Crippen LogP contribution < -0.4 is 5.14 Å². The van der Waals surface area contributed by atoms with Crippen molar-refractivity contribution in [3.8, 4) is 10.6 Å². The van der Waals surface area contributed by atoms with Crippen LogP contribution in [0.1, 0.15) is 0 Å². The number of nitrogens with two attached hydrogens (primary N) is 1. The minimum atomic E-state index is -3.69. The van der Waals surface area contributed by atoms with Crippen molar-refractivity contribution in [3.63, 3.8) is 0 Å². The largest absolute Gasteiger partial charge is 0.245 e. The van der Waals surface area contributed by atoms with E-state index in [1.165, 1.54) is 17.4 Å². The van der Waals surface area contributed by atoms with Gasteiger partial charge in [0, 0.05) is 17.1 Å². The van der Waals surface area contributed by atoms with Gasteiger partial charge < -0.3 is 0 Å². The lowest BCUT2D eigenvalue weighted by molar-refractivity contribution is 0.598. The Balaban J connectivity index is 0.00000128. The van der Waals surface area contributed by atoms with Gasteiger partial charge in [-0.1, -0.05) is 18.2 Å². The van der Waals surface area contributed by atoms with Gasteiger partial charge in [-0.25, -0.2) is 18.5 Å². The highest BCUT2D eigenvalue weighted by atomic mass is 35.5. The van der Waals surface area contributed by atoms with Crippen LogP contribution in [0.4, 0.5) is 0 Å². The normalized spacial score (nSPS) is 10.8. The highest BCUT2D eigenvalue weighted by molar-refractivity contribution is 7.89. The van der Waals surface area contributed by atoms with E-state index >= 15 is 0 Å². The zero-order valence-corrected chi connectivity index (χ0v) is 10.5. The van der Waals surface area contributed by atoms with Crippen LogP contribution in [0.15, 0.2) is 40.7 Å². The highest BCUT2D eigenvalue weighted by Crippen LogP contribution is 2.27. The first-order valence-electron chi connectivity index (χ1n) is 4.11. The fraction of sp³-hybridized carbons (Fsp3) is 0. The zero-order valence-electron chi connectivity index (χ0n) is 8.03. The molecule has 2 N–H and O–H groups in total. The summed E-state index contributed by atoms with van der Waals surface area (Å²) in [5.41, 5.74) is 0.551. The van der Waals surface area contributed by atoms with Gasteiger partial charge in [0.25, 0.3) is 0 Å². The molecule has 0 spiro atoms. The minimum Gasteiger partial charge on any atom is -0.245 e. The number of aromatic nitrogens is 1. The molecule has 0 unspecified atom stereocenters. The van der Waals surface area contributed by atoms with Crippen LogP contribution >= 0.6 is 23.7 Å². The molecule has 1 heterocycles. The number of benzene rings is 1. The average Bonchev–Trinajstić information content (AvgIpc) is 2.69. The Kier molecular flexibility index (Phi) is 4.03. The smallest absolute Gasteiger partial charge is 0.238 e. The third-order valence-electron chi connectivity index (χ3n) is 1.86. The molecule has 7 heteroatoms. The molecule has 0 saturated heterocycles. The highest BCUT2D eigenvalue weighted by Gasteiger charge is 2.15. The first-order valence-corrected chi connectivity index (χ1v) is 6.53. The quantitative estimate of drug-likeness (QED) is 0.910. The maximum Gasteiger partial charge on any atom is 0.238 e. The van der Waals surface area contributed by atoms with Crippen LogP contribution in [0.2, 0.25) is 0 Å². The van der Waals surface area contributed by atoms with E-state index in [-0.39, 0.29) is 17.3 Å². The van der Waals surface area contributed by atoms with Gasteiger partial charge in [0.1, 0.15) is 5.01 Å². The summed E-state index contributed by atoms with van der Waals surface area (Å²) in [7, 11) is -3.69. The Bertz CT molecular complexity index is 567. The third-order valence-corrected chi connectivity index (χ3v) is 3.63. The summed E-state index contributed by atoms with van der Waals surface area (Å²) in [6.07, 6.45) is 1.62. The molecule has 4 nitrogen and oxygen atoms in total. The Labute approximate surface area is 104 Å². The molecular weight excluding hydrogens is 268 g/mol. The molecule has 2 rings (SSSR count). The van der Waals surface area contributed by atoms with Crippen LogP contribution in [-0.2, 0) is 10.0 Å². The molecule has 0 fully saturated rings. The molecule has 1 aromatic carbocycles. The van der Waals surface area contributed by atoms with Crippen molar-refractivity contribution in [1.29, 1.82) is 0 Å². The predicted molar refractivity (Wildman–Crippen MR) is 66.2 cm³/mol. The van der Waals surface area contributed by atoms with Crippen LogP contribution in [0.5, 0.6) is 0 Å². The number of rotatable bonds is 2. The Morgan fingerprint density at radius 2 is 1.94 bits per heavy atom. The zero-order chi connectivity index (χ0) is 10.9. The van der Waals surface area contributed by atoms with E-state index in [1.54, 1.807) is 29.8 Å². The van der Waals surface area contributed by atoms with Gasteiger partial charge >= 0.3 is 0 Å². The van der Waals surface area contributed by atoms with Crippen LogP contribution in [0.3, 0.4) is 0 Å². The summed E-state index contributed by atoms with van der Waals surface area (Å²) in [6, 6.07) is 6.56. The van der Waals surface area contributed by atoms with Crippen LogP contribution in [0, 0.1) is 0 Å². The van der Waals surface area contributed by atoms with Gasteiger partial charge in [0.05, 0.1) is 4.90 Å². The molecule has 0 saturated carbocycles. The Morgan fingerprint density at radius 3 is 2.50 bits per heavy atom. The van der Waals surface area contributed by atoms with Crippen molar-refractivity contribution in [1.82, 2.24) is 4.98 Å². The molecule has 1 aromatic heterocycles. The summed E-state index contributed by atoms with van der Waals surface area (Å²) in [5, 5.41) is 7.55. The van der Waals surface area contributed by atoms with Crippen molar-refractivity contribution in [2.24, 2.45) is 5.14 Å². The Morgan fingerprint density at radius 1 is 1.25 bits per heavy atom. The molecule has 0 radical (unpaired) electrons. The molecule has 0 atom stereocenters. The molecule has 2 aromatic rings. The number of sulfonamides is 1. The van der Waals surface area contributed by atoms with Crippen LogP contribution in [0.25, 0.3) is 10.6 Å². The molecule has 86 valence electrons. The van der Waals surface area contributed by atoms with Gasteiger partial charge in [-0.2, -0.15) is 0 Å². The molecular formula is C9H9ClN2O2S2. The topological polar surface area (TPSA) is 73.1 Å². The van der Waals surface area contributed by atoms with Gasteiger partial charge in [0.2, 0.25) is 10.0 Å². The predicted octanol–water partition coefficient (Wildman–Crippen LogP) is 1.88. The standard InChI is InChI=1S/C9H8N2O2S2.ClH/c10-15(12,13)8-4-2-1-3-7(8)9-11-5-6-14-9;/h1-6H,(H2,10,12,13);1H. The van der Waals surface area contributed by atoms with Gasteiger partial charge in [0.15, 0.2) is 0 Å². The second-order valence-corrected chi connectivity index (χ2v) is 5.30. The van der Waals surface area contributed by atoms with Crippen molar-refractivity contribution >= 4 is 33.8 Å². The van der Waals surface area contributed by atoms with Crippen molar-refractivity contribution < 1.29 is 8.42 Å². The number of hydrogen-bond donors (Lipinski definition) is 1. The van der Waals surface area contributed by atoms with Crippen molar-refractivity contribution in [2.75, 3.05) is 0 Å². The van der Waals surface area contributed by atoms with E-state index in [1.807, 2.05) is 0 Å². The fourth-order valence-electron chi connectivity index (χ4n) is 1.25. The van der Waals surface area contributed by atoms with E-state index in [0.29, 0.717) is 10.6 Å². The summed E-state index contributed by atoms with van der Waals surface area (Å²) in [5.74, 6) is 0. The fourth-order valence-corrected chi connectivity index (χ4v) is 2.73.